The van der Waals surface area contributed by atoms with Crippen LogP contribution in [0.4, 0.5) is 0 Å². The van der Waals surface area contributed by atoms with E-state index >= 15 is 0 Å². The van der Waals surface area contributed by atoms with Crippen molar-refractivity contribution in [2.45, 2.75) is 31.7 Å². The zero-order valence-electron chi connectivity index (χ0n) is 11.4. The Balaban J connectivity index is 1.67. The van der Waals surface area contributed by atoms with Gasteiger partial charge in [0.15, 0.2) is 0 Å². The number of nitrogens with one attached hydrogen (secondary N) is 2. The minimum atomic E-state index is 0.0461. The molecule has 20 heavy (non-hydrogen) atoms. The standard InChI is InChI=1S/C15H20N4O/c16-9-10-4-3-7-12(10)17-15(20)8-14-11-5-1-2-6-13(11)18-19-14/h1-2,5-6,10,12H,3-4,7-9,16H2,(H,17,20)(H,18,19). The molecule has 0 saturated heterocycles. The van der Waals surface area contributed by atoms with Gasteiger partial charge in [0.2, 0.25) is 5.91 Å². The van der Waals surface area contributed by atoms with E-state index in [4.69, 9.17) is 5.73 Å². The summed E-state index contributed by atoms with van der Waals surface area (Å²) in [6, 6.07) is 8.06. The lowest BCUT2D eigenvalue weighted by Crippen LogP contribution is -2.40. The van der Waals surface area contributed by atoms with Crippen LogP contribution in [-0.2, 0) is 11.2 Å². The molecule has 1 fully saturated rings. The molecular formula is C15H20N4O. The number of amides is 1. The predicted molar refractivity (Wildman–Crippen MR) is 78.1 cm³/mol. The Labute approximate surface area is 117 Å². The zero-order valence-corrected chi connectivity index (χ0v) is 11.4. The summed E-state index contributed by atoms with van der Waals surface area (Å²) >= 11 is 0. The van der Waals surface area contributed by atoms with Crippen molar-refractivity contribution < 1.29 is 4.79 Å². The molecule has 5 heteroatoms. The van der Waals surface area contributed by atoms with Gasteiger partial charge in [-0.3, -0.25) is 9.89 Å². The highest BCUT2D eigenvalue weighted by Crippen LogP contribution is 2.24. The quantitative estimate of drug-likeness (QED) is 0.785. The average Bonchev–Trinajstić information content (AvgIpc) is 3.06. The second kappa shape index (κ2) is 5.63. The molecule has 0 bridgehead atoms. The van der Waals surface area contributed by atoms with Crippen molar-refractivity contribution in [2.24, 2.45) is 11.7 Å². The molecule has 0 radical (unpaired) electrons. The van der Waals surface area contributed by atoms with Gasteiger partial charge in [0, 0.05) is 11.4 Å². The Morgan fingerprint density at radius 2 is 2.25 bits per heavy atom. The second-order valence-electron chi connectivity index (χ2n) is 5.50. The molecule has 5 nitrogen and oxygen atoms in total. The van der Waals surface area contributed by atoms with Crippen molar-refractivity contribution in [1.82, 2.24) is 15.5 Å². The number of H-pyrrole nitrogens is 1. The monoisotopic (exact) mass is 272 g/mol. The molecule has 1 aromatic carbocycles. The fraction of sp³-hybridized carbons (Fsp3) is 0.467. The lowest BCUT2D eigenvalue weighted by molar-refractivity contribution is -0.121. The van der Waals surface area contributed by atoms with Gasteiger partial charge in [-0.05, 0) is 31.4 Å². The van der Waals surface area contributed by atoms with E-state index in [2.05, 4.69) is 15.5 Å². The summed E-state index contributed by atoms with van der Waals surface area (Å²) in [5.41, 5.74) is 7.52. The van der Waals surface area contributed by atoms with Gasteiger partial charge in [0.25, 0.3) is 0 Å². The molecule has 1 saturated carbocycles. The molecule has 1 aliphatic rings. The minimum Gasteiger partial charge on any atom is -0.353 e. The van der Waals surface area contributed by atoms with Crippen LogP contribution in [0.15, 0.2) is 24.3 Å². The molecule has 0 spiro atoms. The van der Waals surface area contributed by atoms with Crippen LogP contribution in [0.5, 0.6) is 0 Å². The fourth-order valence-corrected chi connectivity index (χ4v) is 3.08. The Hall–Kier alpha value is -1.88. The van der Waals surface area contributed by atoms with E-state index in [1.165, 1.54) is 0 Å². The largest absolute Gasteiger partial charge is 0.353 e. The molecule has 4 N–H and O–H groups in total. The third kappa shape index (κ3) is 2.54. The minimum absolute atomic E-state index is 0.0461. The van der Waals surface area contributed by atoms with Crippen molar-refractivity contribution in [3.05, 3.63) is 30.0 Å². The van der Waals surface area contributed by atoms with Crippen LogP contribution in [-0.4, -0.2) is 28.7 Å². The van der Waals surface area contributed by atoms with Crippen molar-refractivity contribution in [1.29, 1.82) is 0 Å². The highest BCUT2D eigenvalue weighted by molar-refractivity contribution is 5.87. The summed E-state index contributed by atoms with van der Waals surface area (Å²) in [4.78, 5) is 12.2. The number of carbonyl (C=O) groups excluding carboxylic acids is 1. The first kappa shape index (κ1) is 13.1. The number of hydrogen-bond donors (Lipinski definition) is 3. The summed E-state index contributed by atoms with van der Waals surface area (Å²) in [6.07, 6.45) is 3.65. The van der Waals surface area contributed by atoms with Gasteiger partial charge in [-0.2, -0.15) is 5.10 Å². The SMILES string of the molecule is NCC1CCCC1NC(=O)Cc1[nH]nc2ccccc12. The Morgan fingerprint density at radius 1 is 1.40 bits per heavy atom. The summed E-state index contributed by atoms with van der Waals surface area (Å²) in [5.74, 6) is 0.474. The summed E-state index contributed by atoms with van der Waals surface area (Å²) in [5, 5.41) is 11.3. The van der Waals surface area contributed by atoms with E-state index in [-0.39, 0.29) is 11.9 Å². The second-order valence-corrected chi connectivity index (χ2v) is 5.50. The molecule has 1 aliphatic carbocycles. The van der Waals surface area contributed by atoms with Crippen LogP contribution in [0.25, 0.3) is 10.9 Å². The number of nitrogens with two attached hydrogens (primary N) is 1. The third-order valence-corrected chi connectivity index (χ3v) is 4.19. The van der Waals surface area contributed by atoms with Crippen LogP contribution < -0.4 is 11.1 Å². The Bertz CT molecular complexity index is 607. The molecule has 2 atom stereocenters. The van der Waals surface area contributed by atoms with E-state index in [9.17, 15) is 4.79 Å². The average molecular weight is 272 g/mol. The van der Waals surface area contributed by atoms with Gasteiger partial charge in [-0.15, -0.1) is 0 Å². The van der Waals surface area contributed by atoms with E-state index in [0.29, 0.717) is 18.9 Å². The fourth-order valence-electron chi connectivity index (χ4n) is 3.08. The van der Waals surface area contributed by atoms with E-state index in [1.807, 2.05) is 24.3 Å². The highest BCUT2D eigenvalue weighted by atomic mass is 16.1. The first-order valence-corrected chi connectivity index (χ1v) is 7.19. The summed E-state index contributed by atoms with van der Waals surface area (Å²) in [7, 11) is 0. The van der Waals surface area contributed by atoms with Crippen LogP contribution in [0.2, 0.25) is 0 Å². The first-order chi connectivity index (χ1) is 9.78. The summed E-state index contributed by atoms with van der Waals surface area (Å²) < 4.78 is 0. The van der Waals surface area contributed by atoms with Gasteiger partial charge in [-0.1, -0.05) is 24.6 Å². The van der Waals surface area contributed by atoms with Crippen LogP contribution in [0, 0.1) is 5.92 Å². The number of hydrogen-bond acceptors (Lipinski definition) is 3. The van der Waals surface area contributed by atoms with Gasteiger partial charge in [-0.25, -0.2) is 0 Å². The summed E-state index contributed by atoms with van der Waals surface area (Å²) in [6.45, 7) is 0.651. The molecule has 106 valence electrons. The molecule has 3 rings (SSSR count). The lowest BCUT2D eigenvalue weighted by atomic mass is 10.0. The Kier molecular flexibility index (Phi) is 3.69. The lowest BCUT2D eigenvalue weighted by Gasteiger charge is -2.19. The normalized spacial score (nSPS) is 22.2. The molecule has 0 aliphatic heterocycles. The number of rotatable bonds is 4. The van der Waals surface area contributed by atoms with E-state index in [1.54, 1.807) is 0 Å². The molecule has 1 amide bonds. The van der Waals surface area contributed by atoms with Crippen molar-refractivity contribution in [2.75, 3.05) is 6.54 Å². The topological polar surface area (TPSA) is 83.8 Å². The molecule has 1 aromatic heterocycles. The number of aromatic amines is 1. The van der Waals surface area contributed by atoms with Crippen LogP contribution in [0.1, 0.15) is 25.0 Å². The first-order valence-electron chi connectivity index (χ1n) is 7.19. The van der Waals surface area contributed by atoms with Crippen LogP contribution >= 0.6 is 0 Å². The zero-order chi connectivity index (χ0) is 13.9. The van der Waals surface area contributed by atoms with Gasteiger partial charge < -0.3 is 11.1 Å². The van der Waals surface area contributed by atoms with E-state index in [0.717, 1.165) is 35.9 Å². The third-order valence-electron chi connectivity index (χ3n) is 4.19. The maximum absolute atomic E-state index is 12.2. The number of para-hydroxylation sites is 1. The number of nitrogens with zero attached hydrogens (tertiary/aromatic N) is 1. The molecular weight excluding hydrogens is 252 g/mol. The number of carbonyl (C=O) groups is 1. The molecule has 1 heterocycles. The number of fused-ring (bicyclic) bond motifs is 1. The predicted octanol–water partition coefficient (Wildman–Crippen LogP) is 1.35. The maximum Gasteiger partial charge on any atom is 0.226 e. The van der Waals surface area contributed by atoms with Crippen molar-refractivity contribution in [3.8, 4) is 0 Å². The van der Waals surface area contributed by atoms with Crippen molar-refractivity contribution in [3.63, 3.8) is 0 Å². The van der Waals surface area contributed by atoms with E-state index < -0.39 is 0 Å². The van der Waals surface area contributed by atoms with Gasteiger partial charge in [0.1, 0.15) is 0 Å². The smallest absolute Gasteiger partial charge is 0.226 e. The number of aromatic nitrogens is 2. The maximum atomic E-state index is 12.2. The van der Waals surface area contributed by atoms with Gasteiger partial charge >= 0.3 is 0 Å². The Morgan fingerprint density at radius 3 is 3.10 bits per heavy atom. The number of benzene rings is 1. The van der Waals surface area contributed by atoms with Crippen LogP contribution in [0.3, 0.4) is 0 Å². The van der Waals surface area contributed by atoms with Crippen molar-refractivity contribution >= 4 is 16.8 Å². The molecule has 2 aromatic rings. The highest BCUT2D eigenvalue weighted by Gasteiger charge is 2.27. The molecule has 2 unspecified atom stereocenters. The van der Waals surface area contributed by atoms with Gasteiger partial charge in [0.05, 0.1) is 17.6 Å².